The summed E-state index contributed by atoms with van der Waals surface area (Å²) in [5.41, 5.74) is 5.18. The van der Waals surface area contributed by atoms with Crippen LogP contribution in [0.3, 0.4) is 0 Å². The summed E-state index contributed by atoms with van der Waals surface area (Å²) in [6.07, 6.45) is 2.00. The molecule has 0 fully saturated rings. The van der Waals surface area contributed by atoms with Gasteiger partial charge in [-0.15, -0.1) is 0 Å². The molecule has 150 valence electrons. The first kappa shape index (κ1) is 19.8. The van der Waals surface area contributed by atoms with E-state index in [0.717, 1.165) is 35.8 Å². The molecular weight excluding hydrogens is 368 g/mol. The van der Waals surface area contributed by atoms with Crippen molar-refractivity contribution in [3.63, 3.8) is 0 Å². The molecule has 0 saturated carbocycles. The Bertz CT molecular complexity index is 1060. The van der Waals surface area contributed by atoms with E-state index < -0.39 is 0 Å². The van der Waals surface area contributed by atoms with Crippen LogP contribution in [-0.2, 0) is 12.8 Å². The summed E-state index contributed by atoms with van der Waals surface area (Å²) >= 11 is 0. The maximum Gasteiger partial charge on any atom is 0.127 e. The molecule has 30 heavy (non-hydrogen) atoms. The molecule has 0 saturated heterocycles. The average Bonchev–Trinajstić information content (AvgIpc) is 2.78. The minimum Gasteiger partial charge on any atom is -0.457 e. The molecule has 0 aliphatic carbocycles. The lowest BCUT2D eigenvalue weighted by atomic mass is 10.0. The fraction of sp³-hybridized carbons (Fsp3) is 0.143. The van der Waals surface area contributed by atoms with Crippen LogP contribution in [0.25, 0.3) is 0 Å². The minimum absolute atomic E-state index is 0.786. The molecule has 0 unspecified atom stereocenters. The molecule has 4 aromatic rings. The Morgan fingerprint density at radius 3 is 1.23 bits per heavy atom. The van der Waals surface area contributed by atoms with Crippen molar-refractivity contribution < 1.29 is 9.47 Å². The van der Waals surface area contributed by atoms with Crippen molar-refractivity contribution in [1.29, 1.82) is 0 Å². The zero-order valence-corrected chi connectivity index (χ0v) is 17.5. The van der Waals surface area contributed by atoms with E-state index in [9.17, 15) is 0 Å². The average molecular weight is 395 g/mol. The maximum atomic E-state index is 5.98. The van der Waals surface area contributed by atoms with Crippen LogP contribution in [0.4, 0.5) is 0 Å². The summed E-state index contributed by atoms with van der Waals surface area (Å²) in [6.45, 7) is 4.24. The molecule has 0 aliphatic heterocycles. The van der Waals surface area contributed by atoms with Gasteiger partial charge in [0.25, 0.3) is 0 Å². The Morgan fingerprint density at radius 2 is 0.800 bits per heavy atom. The highest BCUT2D eigenvalue weighted by Crippen LogP contribution is 2.27. The normalized spacial score (nSPS) is 10.6. The molecule has 4 rings (SSSR count). The fourth-order valence-corrected chi connectivity index (χ4v) is 3.26. The second-order valence-corrected chi connectivity index (χ2v) is 7.48. The van der Waals surface area contributed by atoms with Gasteiger partial charge in [-0.1, -0.05) is 61.0 Å². The molecule has 0 radical (unpaired) electrons. The Balaban J connectivity index is 1.35. The third kappa shape index (κ3) is 5.30. The molecule has 0 bridgehead atoms. The summed E-state index contributed by atoms with van der Waals surface area (Å²) in [4.78, 5) is 0. The van der Waals surface area contributed by atoms with Crippen LogP contribution in [-0.4, -0.2) is 0 Å². The van der Waals surface area contributed by atoms with Gasteiger partial charge in [0.05, 0.1) is 0 Å². The predicted octanol–water partition coefficient (Wildman–Crippen LogP) is 7.73. The second kappa shape index (κ2) is 9.32. The first-order valence-electron chi connectivity index (χ1n) is 10.4. The van der Waals surface area contributed by atoms with Crippen LogP contribution >= 0.6 is 0 Å². The zero-order chi connectivity index (χ0) is 20.8. The number of hydrogen-bond donors (Lipinski definition) is 0. The van der Waals surface area contributed by atoms with E-state index in [1.165, 1.54) is 22.3 Å². The molecule has 0 aromatic heterocycles. The quantitative estimate of drug-likeness (QED) is 0.319. The Morgan fingerprint density at radius 1 is 0.467 bits per heavy atom. The minimum atomic E-state index is 0.786. The van der Waals surface area contributed by atoms with Gasteiger partial charge in [-0.25, -0.2) is 0 Å². The van der Waals surface area contributed by atoms with Crippen LogP contribution < -0.4 is 9.47 Å². The highest BCUT2D eigenvalue weighted by atomic mass is 16.5. The summed E-state index contributed by atoms with van der Waals surface area (Å²) < 4.78 is 11.8. The molecule has 0 atom stereocenters. The van der Waals surface area contributed by atoms with Gasteiger partial charge in [-0.05, 0) is 85.0 Å². The van der Waals surface area contributed by atoms with Gasteiger partial charge in [0.2, 0.25) is 0 Å². The third-order valence-electron chi connectivity index (χ3n) is 5.08. The molecule has 0 spiro atoms. The predicted molar refractivity (Wildman–Crippen MR) is 123 cm³/mol. The van der Waals surface area contributed by atoms with Crippen LogP contribution in [0.5, 0.6) is 23.0 Å². The number of aryl methyl sites for hydroxylation is 2. The van der Waals surface area contributed by atoms with E-state index in [4.69, 9.17) is 9.47 Å². The van der Waals surface area contributed by atoms with Gasteiger partial charge in [0.1, 0.15) is 23.0 Å². The number of ether oxygens (including phenoxy) is 2. The van der Waals surface area contributed by atoms with Gasteiger partial charge in [0, 0.05) is 0 Å². The fourth-order valence-electron chi connectivity index (χ4n) is 3.26. The van der Waals surface area contributed by atoms with Crippen molar-refractivity contribution >= 4 is 0 Å². The molecule has 0 N–H and O–H groups in total. The van der Waals surface area contributed by atoms with Crippen molar-refractivity contribution in [2.75, 3.05) is 0 Å². The molecule has 0 aliphatic rings. The Hall–Kier alpha value is -3.52. The van der Waals surface area contributed by atoms with Crippen LogP contribution in [0.2, 0.25) is 0 Å². The first-order chi connectivity index (χ1) is 14.7. The molecule has 2 heteroatoms. The molecule has 0 heterocycles. The van der Waals surface area contributed by atoms with E-state index in [-0.39, 0.29) is 0 Å². The van der Waals surface area contributed by atoms with Crippen molar-refractivity contribution in [2.45, 2.75) is 26.7 Å². The number of rotatable bonds is 7. The maximum absolute atomic E-state index is 5.98. The van der Waals surface area contributed by atoms with Gasteiger partial charge >= 0.3 is 0 Å². The number of hydrogen-bond acceptors (Lipinski definition) is 2. The Labute approximate surface area is 178 Å². The van der Waals surface area contributed by atoms with Crippen LogP contribution in [0.1, 0.15) is 29.2 Å². The standard InChI is InChI=1S/C28H26O2/c1-3-22-6-8-23(9-7-22)20-24-10-14-26(15-11-24)30-28-18-16-27(17-19-28)29-25-12-4-21(2)5-13-25/h4-19H,3,20H2,1-2H3. The third-order valence-corrected chi connectivity index (χ3v) is 5.08. The summed E-state index contributed by atoms with van der Waals surface area (Å²) in [6, 6.07) is 32.8. The van der Waals surface area contributed by atoms with E-state index in [2.05, 4.69) is 50.2 Å². The second-order valence-electron chi connectivity index (χ2n) is 7.48. The monoisotopic (exact) mass is 394 g/mol. The lowest BCUT2D eigenvalue weighted by molar-refractivity contribution is 0.469. The topological polar surface area (TPSA) is 18.5 Å². The molecular formula is C28H26O2. The van der Waals surface area contributed by atoms with Gasteiger partial charge in [0.15, 0.2) is 0 Å². The van der Waals surface area contributed by atoms with Crippen LogP contribution in [0.15, 0.2) is 97.1 Å². The van der Waals surface area contributed by atoms with Crippen LogP contribution in [0, 0.1) is 6.92 Å². The van der Waals surface area contributed by atoms with Gasteiger partial charge in [-0.2, -0.15) is 0 Å². The van der Waals surface area contributed by atoms with Crippen molar-refractivity contribution in [3.8, 4) is 23.0 Å². The first-order valence-corrected chi connectivity index (χ1v) is 10.4. The highest BCUT2D eigenvalue weighted by Gasteiger charge is 2.02. The van der Waals surface area contributed by atoms with Crippen molar-refractivity contribution in [1.82, 2.24) is 0 Å². The highest BCUT2D eigenvalue weighted by molar-refractivity contribution is 5.39. The number of benzene rings is 4. The Kier molecular flexibility index (Phi) is 6.14. The van der Waals surface area contributed by atoms with E-state index in [0.29, 0.717) is 0 Å². The molecule has 0 amide bonds. The largest absolute Gasteiger partial charge is 0.457 e. The van der Waals surface area contributed by atoms with Crippen molar-refractivity contribution in [2.24, 2.45) is 0 Å². The lowest BCUT2D eigenvalue weighted by Crippen LogP contribution is -1.90. The summed E-state index contributed by atoms with van der Waals surface area (Å²) in [5.74, 6) is 3.23. The summed E-state index contributed by atoms with van der Waals surface area (Å²) in [7, 11) is 0. The molecule has 2 nitrogen and oxygen atoms in total. The zero-order valence-electron chi connectivity index (χ0n) is 17.5. The van der Waals surface area contributed by atoms with E-state index in [1.54, 1.807) is 0 Å². The van der Waals surface area contributed by atoms with Gasteiger partial charge in [-0.3, -0.25) is 0 Å². The SMILES string of the molecule is CCc1ccc(Cc2ccc(Oc3ccc(Oc4ccc(C)cc4)cc3)cc2)cc1. The lowest BCUT2D eigenvalue weighted by Gasteiger charge is -2.09. The summed E-state index contributed by atoms with van der Waals surface area (Å²) in [5, 5.41) is 0. The van der Waals surface area contributed by atoms with Gasteiger partial charge < -0.3 is 9.47 Å². The van der Waals surface area contributed by atoms with E-state index >= 15 is 0 Å². The molecule has 4 aromatic carbocycles. The van der Waals surface area contributed by atoms with Crippen molar-refractivity contribution in [3.05, 3.63) is 119 Å². The van der Waals surface area contributed by atoms with E-state index in [1.807, 2.05) is 60.7 Å². The smallest absolute Gasteiger partial charge is 0.127 e.